The van der Waals surface area contributed by atoms with Crippen LogP contribution >= 0.6 is 15.9 Å². The van der Waals surface area contributed by atoms with Crippen LogP contribution in [-0.2, 0) is 0 Å². The molecular formula is C11H12BrNO3. The summed E-state index contributed by atoms with van der Waals surface area (Å²) < 4.78 is 6.24. The molecule has 0 aromatic heterocycles. The van der Waals surface area contributed by atoms with Crippen LogP contribution in [0.5, 0.6) is 5.75 Å². The molecule has 0 aliphatic rings. The predicted octanol–water partition coefficient (Wildman–Crippen LogP) is 3.49. The lowest BCUT2D eigenvalue weighted by Crippen LogP contribution is -1.96. The van der Waals surface area contributed by atoms with Crippen LogP contribution < -0.4 is 4.74 Å². The summed E-state index contributed by atoms with van der Waals surface area (Å²) in [4.78, 5) is 10.1. The van der Waals surface area contributed by atoms with Gasteiger partial charge >= 0.3 is 0 Å². The molecule has 0 saturated heterocycles. The van der Waals surface area contributed by atoms with Crippen molar-refractivity contribution in [1.82, 2.24) is 0 Å². The van der Waals surface area contributed by atoms with E-state index in [0.29, 0.717) is 17.9 Å². The van der Waals surface area contributed by atoms with E-state index in [1.807, 2.05) is 13.0 Å². The molecule has 0 radical (unpaired) electrons. The van der Waals surface area contributed by atoms with Crippen molar-refractivity contribution in [2.75, 3.05) is 6.61 Å². The molecule has 1 aromatic rings. The topological polar surface area (TPSA) is 52.4 Å². The molecule has 0 heterocycles. The fraction of sp³-hybridized carbons (Fsp3) is 0.273. The van der Waals surface area contributed by atoms with Gasteiger partial charge in [0, 0.05) is 23.0 Å². The third-order valence-electron chi connectivity index (χ3n) is 1.92. The molecule has 0 atom stereocenters. The summed E-state index contributed by atoms with van der Waals surface area (Å²) in [6, 6.07) is 5.41. The molecule has 1 rings (SSSR count). The average Bonchev–Trinajstić information content (AvgIpc) is 2.22. The van der Waals surface area contributed by atoms with Crippen molar-refractivity contribution < 1.29 is 9.66 Å². The minimum atomic E-state index is -0.420. The number of allylic oxidation sites excluding steroid dienone is 1. The number of nitro groups is 1. The van der Waals surface area contributed by atoms with Gasteiger partial charge in [-0.15, -0.1) is 0 Å². The monoisotopic (exact) mass is 285 g/mol. The molecular weight excluding hydrogens is 274 g/mol. The summed E-state index contributed by atoms with van der Waals surface area (Å²) in [5.41, 5.74) is 0.782. The molecule has 0 amide bonds. The van der Waals surface area contributed by atoms with E-state index in [4.69, 9.17) is 4.74 Å². The highest BCUT2D eigenvalue weighted by molar-refractivity contribution is 9.10. The van der Waals surface area contributed by atoms with Gasteiger partial charge in [-0.25, -0.2) is 0 Å². The summed E-state index contributed by atoms with van der Waals surface area (Å²) in [5.74, 6) is 0.645. The SMILES string of the molecule is CCOc1ccc(Br)cc1/C=C(\C)[N+](=O)[O-]. The van der Waals surface area contributed by atoms with E-state index in [2.05, 4.69) is 15.9 Å². The zero-order valence-electron chi connectivity index (χ0n) is 9.07. The number of hydrogen-bond acceptors (Lipinski definition) is 3. The van der Waals surface area contributed by atoms with Crippen molar-refractivity contribution in [1.29, 1.82) is 0 Å². The lowest BCUT2D eigenvalue weighted by molar-refractivity contribution is -0.422. The Bertz CT molecular complexity index is 429. The van der Waals surface area contributed by atoms with Crippen LogP contribution in [0.1, 0.15) is 19.4 Å². The number of rotatable bonds is 4. The molecule has 0 spiro atoms. The first-order chi connectivity index (χ1) is 7.54. The molecule has 0 N–H and O–H groups in total. The average molecular weight is 286 g/mol. The van der Waals surface area contributed by atoms with E-state index >= 15 is 0 Å². The molecule has 0 aliphatic heterocycles. The summed E-state index contributed by atoms with van der Waals surface area (Å²) in [6.07, 6.45) is 1.50. The lowest BCUT2D eigenvalue weighted by Gasteiger charge is -2.07. The minimum absolute atomic E-state index is 0.0825. The first-order valence-electron chi connectivity index (χ1n) is 4.79. The largest absolute Gasteiger partial charge is 0.493 e. The van der Waals surface area contributed by atoms with Crippen molar-refractivity contribution in [3.63, 3.8) is 0 Å². The van der Waals surface area contributed by atoms with E-state index in [0.717, 1.165) is 4.47 Å². The Balaban J connectivity index is 3.14. The van der Waals surface area contributed by atoms with Gasteiger partial charge in [0.05, 0.1) is 11.5 Å². The molecule has 0 bridgehead atoms. The number of hydrogen-bond donors (Lipinski definition) is 0. The van der Waals surface area contributed by atoms with E-state index in [-0.39, 0.29) is 5.70 Å². The fourth-order valence-corrected chi connectivity index (χ4v) is 1.58. The molecule has 0 fully saturated rings. The second-order valence-corrected chi connectivity index (χ2v) is 4.07. The Hall–Kier alpha value is -1.36. The lowest BCUT2D eigenvalue weighted by atomic mass is 10.2. The van der Waals surface area contributed by atoms with E-state index in [9.17, 15) is 10.1 Å². The highest BCUT2D eigenvalue weighted by Gasteiger charge is 2.07. The second-order valence-electron chi connectivity index (χ2n) is 3.16. The van der Waals surface area contributed by atoms with E-state index in [1.165, 1.54) is 13.0 Å². The standard InChI is InChI=1S/C11H12BrNO3/c1-3-16-11-5-4-10(12)7-9(11)6-8(2)13(14)15/h4-7H,3H2,1-2H3/b8-6+. The smallest absolute Gasteiger partial charge is 0.243 e. The Morgan fingerprint density at radius 2 is 2.31 bits per heavy atom. The van der Waals surface area contributed by atoms with E-state index < -0.39 is 4.92 Å². The van der Waals surface area contributed by atoms with Gasteiger partial charge < -0.3 is 4.74 Å². The molecule has 0 unspecified atom stereocenters. The zero-order chi connectivity index (χ0) is 12.1. The van der Waals surface area contributed by atoms with Crippen LogP contribution in [0.15, 0.2) is 28.4 Å². The fourth-order valence-electron chi connectivity index (χ4n) is 1.20. The maximum atomic E-state index is 10.5. The van der Waals surface area contributed by atoms with Gasteiger partial charge in [0.15, 0.2) is 0 Å². The van der Waals surface area contributed by atoms with Crippen molar-refractivity contribution in [2.45, 2.75) is 13.8 Å². The van der Waals surface area contributed by atoms with Crippen LogP contribution in [-0.4, -0.2) is 11.5 Å². The second kappa shape index (κ2) is 5.65. The van der Waals surface area contributed by atoms with Crippen LogP contribution in [0.25, 0.3) is 6.08 Å². The number of halogens is 1. The Morgan fingerprint density at radius 3 is 2.88 bits per heavy atom. The summed E-state index contributed by atoms with van der Waals surface area (Å²) >= 11 is 3.32. The first-order valence-corrected chi connectivity index (χ1v) is 5.59. The van der Waals surface area contributed by atoms with Gasteiger partial charge in [-0.3, -0.25) is 10.1 Å². The van der Waals surface area contributed by atoms with Crippen molar-refractivity contribution >= 4 is 22.0 Å². The molecule has 4 nitrogen and oxygen atoms in total. The predicted molar refractivity (Wildman–Crippen MR) is 66.0 cm³/mol. The zero-order valence-corrected chi connectivity index (χ0v) is 10.7. The minimum Gasteiger partial charge on any atom is -0.493 e. The molecule has 0 aliphatic carbocycles. The first kappa shape index (κ1) is 12.7. The molecule has 16 heavy (non-hydrogen) atoms. The maximum Gasteiger partial charge on any atom is 0.243 e. The Morgan fingerprint density at radius 1 is 1.62 bits per heavy atom. The van der Waals surface area contributed by atoms with Crippen LogP contribution in [0.4, 0.5) is 0 Å². The van der Waals surface area contributed by atoms with Crippen LogP contribution in [0, 0.1) is 10.1 Å². The maximum absolute atomic E-state index is 10.5. The third-order valence-corrected chi connectivity index (χ3v) is 2.42. The number of nitrogens with zero attached hydrogens (tertiary/aromatic N) is 1. The Kier molecular flexibility index (Phi) is 4.49. The van der Waals surface area contributed by atoms with E-state index in [1.54, 1.807) is 12.1 Å². The highest BCUT2D eigenvalue weighted by atomic mass is 79.9. The van der Waals surface area contributed by atoms with Crippen LogP contribution in [0.3, 0.4) is 0 Å². The van der Waals surface area contributed by atoms with Gasteiger partial charge in [0.1, 0.15) is 5.75 Å². The van der Waals surface area contributed by atoms with Crippen molar-refractivity contribution in [3.8, 4) is 5.75 Å². The van der Waals surface area contributed by atoms with Gasteiger partial charge in [0.2, 0.25) is 5.70 Å². The highest BCUT2D eigenvalue weighted by Crippen LogP contribution is 2.25. The molecule has 86 valence electrons. The summed E-state index contributed by atoms with van der Waals surface area (Å²) in [7, 11) is 0. The van der Waals surface area contributed by atoms with Gasteiger partial charge in [-0.05, 0) is 25.1 Å². The van der Waals surface area contributed by atoms with Crippen LogP contribution in [0.2, 0.25) is 0 Å². The van der Waals surface area contributed by atoms with Crippen molar-refractivity contribution in [2.24, 2.45) is 0 Å². The molecule has 0 saturated carbocycles. The quantitative estimate of drug-likeness (QED) is 0.629. The summed E-state index contributed by atoms with van der Waals surface area (Å²) in [5, 5.41) is 10.5. The van der Waals surface area contributed by atoms with Gasteiger partial charge in [-0.1, -0.05) is 15.9 Å². The van der Waals surface area contributed by atoms with Gasteiger partial charge in [-0.2, -0.15) is 0 Å². The normalized spacial score (nSPS) is 11.3. The van der Waals surface area contributed by atoms with Gasteiger partial charge in [0.25, 0.3) is 0 Å². The number of benzene rings is 1. The Labute approximate surface area is 102 Å². The number of ether oxygens (including phenoxy) is 1. The third kappa shape index (κ3) is 3.34. The summed E-state index contributed by atoms with van der Waals surface area (Å²) in [6.45, 7) is 3.85. The molecule has 1 aromatic carbocycles. The van der Waals surface area contributed by atoms with Crippen molar-refractivity contribution in [3.05, 3.63) is 44.0 Å². The molecule has 5 heteroatoms.